The number of hydrogen-bond acceptors (Lipinski definition) is 2. The van der Waals surface area contributed by atoms with Crippen LogP contribution in [0.1, 0.15) is 11.1 Å². The molecule has 0 fully saturated rings. The van der Waals surface area contributed by atoms with Gasteiger partial charge in [-0.05, 0) is 23.8 Å². The maximum atomic E-state index is 5.64. The van der Waals surface area contributed by atoms with E-state index in [0.29, 0.717) is 0 Å². The summed E-state index contributed by atoms with van der Waals surface area (Å²) in [6.45, 7) is 0. The highest BCUT2D eigenvalue weighted by atomic mass is 16.5. The zero-order chi connectivity index (χ0) is 9.38. The van der Waals surface area contributed by atoms with E-state index in [4.69, 9.17) is 4.74 Å². The van der Waals surface area contributed by atoms with Gasteiger partial charge in [0.25, 0.3) is 0 Å². The van der Waals surface area contributed by atoms with Crippen molar-refractivity contribution in [3.8, 4) is 11.6 Å². The first-order chi connectivity index (χ1) is 6.93. The summed E-state index contributed by atoms with van der Waals surface area (Å²) in [5.74, 6) is 1.60. The first kappa shape index (κ1) is 7.56. The van der Waals surface area contributed by atoms with E-state index >= 15 is 0 Å². The average Bonchev–Trinajstić information content (AvgIpc) is 2.26. The molecule has 0 N–H and O–H groups in total. The van der Waals surface area contributed by atoms with Crippen molar-refractivity contribution in [2.45, 2.75) is 6.42 Å². The molecule has 2 heteroatoms. The highest BCUT2D eigenvalue weighted by molar-refractivity contribution is 5.46. The van der Waals surface area contributed by atoms with Gasteiger partial charge in [0.05, 0.1) is 0 Å². The lowest BCUT2D eigenvalue weighted by molar-refractivity contribution is 0.440. The van der Waals surface area contributed by atoms with Crippen LogP contribution in [0.3, 0.4) is 0 Å². The van der Waals surface area contributed by atoms with Crippen molar-refractivity contribution >= 4 is 0 Å². The number of ether oxygens (including phenoxy) is 1. The minimum Gasteiger partial charge on any atom is -0.438 e. The van der Waals surface area contributed by atoms with Gasteiger partial charge < -0.3 is 4.74 Å². The van der Waals surface area contributed by atoms with E-state index in [9.17, 15) is 0 Å². The summed E-state index contributed by atoms with van der Waals surface area (Å²) in [6, 6.07) is 12.8. The molecule has 0 saturated heterocycles. The molecule has 0 saturated carbocycles. The smallest absolute Gasteiger partial charge is 0.222 e. The van der Waals surface area contributed by atoms with Crippen molar-refractivity contribution in [1.82, 2.24) is 4.98 Å². The Kier molecular flexibility index (Phi) is 1.53. The van der Waals surface area contributed by atoms with E-state index in [0.717, 1.165) is 23.6 Å². The minimum absolute atomic E-state index is 0.722. The van der Waals surface area contributed by atoms with Crippen LogP contribution >= 0.6 is 0 Å². The van der Waals surface area contributed by atoms with Crippen molar-refractivity contribution < 1.29 is 4.74 Å². The second-order valence-electron chi connectivity index (χ2n) is 3.28. The SMILES string of the molecule is [c]1ccc2c(c1)Oc1ncccc1C2. The number of fused-ring (bicyclic) bond motifs is 2. The summed E-state index contributed by atoms with van der Waals surface area (Å²) in [5, 5.41) is 0. The Morgan fingerprint density at radius 1 is 1.29 bits per heavy atom. The van der Waals surface area contributed by atoms with Crippen LogP contribution in [0.15, 0.2) is 36.5 Å². The Hall–Kier alpha value is -1.83. The summed E-state index contributed by atoms with van der Waals surface area (Å²) in [7, 11) is 0. The number of hydrogen-bond donors (Lipinski definition) is 0. The normalized spacial score (nSPS) is 12.6. The van der Waals surface area contributed by atoms with E-state index in [-0.39, 0.29) is 0 Å². The van der Waals surface area contributed by atoms with Gasteiger partial charge in [-0.2, -0.15) is 0 Å². The van der Waals surface area contributed by atoms with Crippen LogP contribution in [0.4, 0.5) is 0 Å². The molecule has 0 bridgehead atoms. The maximum absolute atomic E-state index is 5.64. The molecule has 67 valence electrons. The molecule has 1 aromatic heterocycles. The molecule has 0 aliphatic carbocycles. The first-order valence-electron chi connectivity index (χ1n) is 4.54. The molecule has 14 heavy (non-hydrogen) atoms. The Morgan fingerprint density at radius 3 is 3.29 bits per heavy atom. The fraction of sp³-hybridized carbons (Fsp3) is 0.0833. The molecule has 0 amide bonds. The molecule has 0 unspecified atom stereocenters. The molecule has 1 radical (unpaired) electrons. The predicted octanol–water partition coefficient (Wildman–Crippen LogP) is 2.58. The summed E-state index contributed by atoms with van der Waals surface area (Å²) in [4.78, 5) is 4.18. The Morgan fingerprint density at radius 2 is 2.29 bits per heavy atom. The lowest BCUT2D eigenvalue weighted by atomic mass is 10.0. The Labute approximate surface area is 82.2 Å². The van der Waals surface area contributed by atoms with Gasteiger partial charge in [-0.1, -0.05) is 18.2 Å². The quantitative estimate of drug-likeness (QED) is 0.533. The fourth-order valence-electron chi connectivity index (χ4n) is 1.65. The van der Waals surface area contributed by atoms with Crippen LogP contribution in [-0.4, -0.2) is 4.98 Å². The van der Waals surface area contributed by atoms with Crippen molar-refractivity contribution in [1.29, 1.82) is 0 Å². The molecule has 0 atom stereocenters. The fourth-order valence-corrected chi connectivity index (χ4v) is 1.65. The minimum atomic E-state index is 0.722. The van der Waals surface area contributed by atoms with Gasteiger partial charge in [-0.15, -0.1) is 0 Å². The summed E-state index contributed by atoms with van der Waals surface area (Å²) < 4.78 is 5.64. The molecular weight excluding hydrogens is 174 g/mol. The predicted molar refractivity (Wildman–Crippen MR) is 52.4 cm³/mol. The van der Waals surface area contributed by atoms with Crippen molar-refractivity contribution in [3.05, 3.63) is 53.7 Å². The molecule has 3 rings (SSSR count). The number of aromatic nitrogens is 1. The lowest BCUT2D eigenvalue weighted by Gasteiger charge is -2.18. The summed E-state index contributed by atoms with van der Waals surface area (Å²) in [5.41, 5.74) is 2.34. The lowest BCUT2D eigenvalue weighted by Crippen LogP contribution is -2.03. The zero-order valence-corrected chi connectivity index (χ0v) is 7.53. The largest absolute Gasteiger partial charge is 0.438 e. The second-order valence-corrected chi connectivity index (χ2v) is 3.28. The highest BCUT2D eigenvalue weighted by Gasteiger charge is 2.16. The third-order valence-corrected chi connectivity index (χ3v) is 2.35. The van der Waals surface area contributed by atoms with E-state index in [1.165, 1.54) is 5.56 Å². The maximum Gasteiger partial charge on any atom is 0.222 e. The molecule has 1 aromatic carbocycles. The highest BCUT2D eigenvalue weighted by Crippen LogP contribution is 2.33. The monoisotopic (exact) mass is 182 g/mol. The van der Waals surface area contributed by atoms with Gasteiger partial charge in [-0.25, -0.2) is 4.98 Å². The molecule has 2 nitrogen and oxygen atoms in total. The van der Waals surface area contributed by atoms with Crippen molar-refractivity contribution in [2.24, 2.45) is 0 Å². The van der Waals surface area contributed by atoms with Gasteiger partial charge in [0, 0.05) is 18.2 Å². The van der Waals surface area contributed by atoms with Gasteiger partial charge in [0.2, 0.25) is 5.88 Å². The van der Waals surface area contributed by atoms with Gasteiger partial charge in [0.15, 0.2) is 0 Å². The summed E-state index contributed by atoms with van der Waals surface area (Å²) >= 11 is 0. The van der Waals surface area contributed by atoms with Crippen LogP contribution in [0.5, 0.6) is 11.6 Å². The van der Waals surface area contributed by atoms with Crippen molar-refractivity contribution in [3.63, 3.8) is 0 Å². The number of nitrogens with zero attached hydrogens (tertiary/aromatic N) is 1. The van der Waals surface area contributed by atoms with E-state index in [1.807, 2.05) is 30.3 Å². The molecule has 1 aliphatic heterocycles. The van der Waals surface area contributed by atoms with E-state index in [1.54, 1.807) is 6.20 Å². The average molecular weight is 182 g/mol. The van der Waals surface area contributed by atoms with Gasteiger partial charge in [-0.3, -0.25) is 0 Å². The van der Waals surface area contributed by atoms with Crippen LogP contribution in [0.25, 0.3) is 0 Å². The van der Waals surface area contributed by atoms with Crippen LogP contribution < -0.4 is 4.74 Å². The number of rotatable bonds is 0. The number of benzene rings is 1. The van der Waals surface area contributed by atoms with Crippen LogP contribution in [0.2, 0.25) is 0 Å². The van der Waals surface area contributed by atoms with Gasteiger partial charge in [0.1, 0.15) is 5.75 Å². The van der Waals surface area contributed by atoms with Crippen molar-refractivity contribution in [2.75, 3.05) is 0 Å². The van der Waals surface area contributed by atoms with Gasteiger partial charge >= 0.3 is 0 Å². The van der Waals surface area contributed by atoms with E-state index in [2.05, 4.69) is 11.1 Å². The molecule has 1 aliphatic rings. The topological polar surface area (TPSA) is 22.1 Å². The second kappa shape index (κ2) is 2.84. The Balaban J connectivity index is 2.12. The number of pyridine rings is 1. The molecule has 2 heterocycles. The third-order valence-electron chi connectivity index (χ3n) is 2.35. The van der Waals surface area contributed by atoms with E-state index < -0.39 is 0 Å². The van der Waals surface area contributed by atoms with Crippen LogP contribution in [-0.2, 0) is 6.42 Å². The van der Waals surface area contributed by atoms with Crippen LogP contribution in [0, 0.1) is 6.07 Å². The molecule has 0 spiro atoms. The molecule has 2 aromatic rings. The first-order valence-corrected chi connectivity index (χ1v) is 4.54. The summed E-state index contributed by atoms with van der Waals surface area (Å²) in [6.07, 6.45) is 2.64. The third kappa shape index (κ3) is 1.08. The Bertz CT molecular complexity index is 392. The zero-order valence-electron chi connectivity index (χ0n) is 7.53. The molecular formula is C12H8NO. The standard InChI is InChI=1S/C12H8NO/c1-2-6-11-9(4-1)8-10-5-3-7-13-12(10)14-11/h1,3-7H,8H2.